The number of anilines is 1. The first kappa shape index (κ1) is 21.9. The van der Waals surface area contributed by atoms with Gasteiger partial charge >= 0.3 is 0 Å². The molecule has 10 heteroatoms. The number of rotatable bonds is 11. The number of nitrogens with zero attached hydrogens (tertiary/aromatic N) is 2. The number of carbonyl (C=O) groups is 1. The maximum absolute atomic E-state index is 12.1. The van der Waals surface area contributed by atoms with Crippen LogP contribution in [0.15, 0.2) is 59.0 Å². The van der Waals surface area contributed by atoms with E-state index in [2.05, 4.69) is 26.8 Å². The first-order valence-electron chi connectivity index (χ1n) is 9.29. The van der Waals surface area contributed by atoms with Crippen molar-refractivity contribution in [3.8, 4) is 10.7 Å². The van der Waals surface area contributed by atoms with Crippen molar-refractivity contribution in [1.82, 2.24) is 14.9 Å². The number of aromatic nitrogens is 2. The van der Waals surface area contributed by atoms with E-state index in [0.29, 0.717) is 42.2 Å². The van der Waals surface area contributed by atoms with Crippen LogP contribution < -0.4 is 10.0 Å². The molecule has 3 aromatic rings. The standard InChI is InChI=1S/C20H22N4O4S2/c1-2-12-21-30(26,27)14-15-8-10-16(11-9-15)22-18(25)6-3-7-19-23-20(24-28-19)17-5-4-13-29-17/h2,4-5,8-11,13,21H,1,3,6-7,12,14H2,(H,22,25). The summed E-state index contributed by atoms with van der Waals surface area (Å²) in [6, 6.07) is 10.6. The molecule has 0 unspecified atom stereocenters. The highest BCUT2D eigenvalue weighted by Gasteiger charge is 2.12. The van der Waals surface area contributed by atoms with E-state index in [0.717, 1.165) is 4.88 Å². The molecule has 3 rings (SSSR count). The summed E-state index contributed by atoms with van der Waals surface area (Å²) in [5.74, 6) is 0.793. The maximum atomic E-state index is 12.1. The minimum atomic E-state index is -3.41. The first-order chi connectivity index (χ1) is 14.4. The zero-order valence-corrected chi connectivity index (χ0v) is 17.8. The quantitative estimate of drug-likeness (QED) is 0.437. The second-order valence-corrected chi connectivity index (χ2v) is 9.24. The van der Waals surface area contributed by atoms with Gasteiger partial charge in [-0.1, -0.05) is 29.4 Å². The number of aryl methyl sites for hydroxylation is 1. The third-order valence-corrected chi connectivity index (χ3v) is 6.23. The Morgan fingerprint density at radius 3 is 2.73 bits per heavy atom. The van der Waals surface area contributed by atoms with Crippen LogP contribution >= 0.6 is 11.3 Å². The number of thiophene rings is 1. The van der Waals surface area contributed by atoms with Gasteiger partial charge in [-0.2, -0.15) is 4.98 Å². The summed E-state index contributed by atoms with van der Waals surface area (Å²) in [6.45, 7) is 3.67. The highest BCUT2D eigenvalue weighted by molar-refractivity contribution is 7.88. The van der Waals surface area contributed by atoms with Gasteiger partial charge in [-0.15, -0.1) is 17.9 Å². The molecule has 0 radical (unpaired) electrons. The second-order valence-electron chi connectivity index (χ2n) is 6.48. The van der Waals surface area contributed by atoms with Crippen LogP contribution in [-0.2, 0) is 27.0 Å². The molecule has 0 saturated carbocycles. The largest absolute Gasteiger partial charge is 0.339 e. The molecule has 1 aromatic carbocycles. The molecule has 1 amide bonds. The molecule has 158 valence electrons. The lowest BCUT2D eigenvalue weighted by atomic mass is 10.2. The van der Waals surface area contributed by atoms with Gasteiger partial charge < -0.3 is 9.84 Å². The molecule has 30 heavy (non-hydrogen) atoms. The van der Waals surface area contributed by atoms with Crippen LogP contribution in [0, 0.1) is 0 Å². The maximum Gasteiger partial charge on any atom is 0.226 e. The van der Waals surface area contributed by atoms with E-state index in [4.69, 9.17) is 4.52 Å². The second kappa shape index (κ2) is 10.3. The third kappa shape index (κ3) is 6.61. The number of amides is 1. The molecule has 0 spiro atoms. The molecule has 2 heterocycles. The van der Waals surface area contributed by atoms with Crippen molar-refractivity contribution in [1.29, 1.82) is 0 Å². The van der Waals surface area contributed by atoms with E-state index in [9.17, 15) is 13.2 Å². The van der Waals surface area contributed by atoms with Crippen LogP contribution in [0.25, 0.3) is 10.7 Å². The molecule has 0 bridgehead atoms. The van der Waals surface area contributed by atoms with E-state index >= 15 is 0 Å². The zero-order chi connectivity index (χ0) is 21.4. The van der Waals surface area contributed by atoms with E-state index in [-0.39, 0.29) is 18.2 Å². The normalized spacial score (nSPS) is 11.3. The van der Waals surface area contributed by atoms with Gasteiger partial charge in [0, 0.05) is 25.1 Å². The summed E-state index contributed by atoms with van der Waals surface area (Å²) < 4.78 is 31.4. The Bertz CT molecular complexity index is 1070. The summed E-state index contributed by atoms with van der Waals surface area (Å²) in [7, 11) is -3.41. The van der Waals surface area contributed by atoms with Gasteiger partial charge in [-0.05, 0) is 35.6 Å². The molecule has 8 nitrogen and oxygen atoms in total. The molecule has 0 fully saturated rings. The minimum Gasteiger partial charge on any atom is -0.339 e. The Morgan fingerprint density at radius 2 is 2.03 bits per heavy atom. The van der Waals surface area contributed by atoms with Crippen molar-refractivity contribution in [2.24, 2.45) is 0 Å². The number of benzene rings is 1. The SMILES string of the molecule is C=CCNS(=O)(=O)Cc1ccc(NC(=O)CCCc2nc(-c3cccs3)no2)cc1. The minimum absolute atomic E-state index is 0.132. The molecular weight excluding hydrogens is 424 g/mol. The molecule has 2 N–H and O–H groups in total. The lowest BCUT2D eigenvalue weighted by Crippen LogP contribution is -2.25. The average molecular weight is 447 g/mol. The summed E-state index contributed by atoms with van der Waals surface area (Å²) in [5.41, 5.74) is 1.24. The predicted octanol–water partition coefficient (Wildman–Crippen LogP) is 3.36. The summed E-state index contributed by atoms with van der Waals surface area (Å²) >= 11 is 1.54. The van der Waals surface area contributed by atoms with Crippen LogP contribution in [0.1, 0.15) is 24.3 Å². The molecule has 0 aliphatic heterocycles. The van der Waals surface area contributed by atoms with E-state index in [1.807, 2.05) is 17.5 Å². The topological polar surface area (TPSA) is 114 Å². The van der Waals surface area contributed by atoms with Gasteiger partial charge in [-0.3, -0.25) is 4.79 Å². The monoisotopic (exact) mass is 446 g/mol. The van der Waals surface area contributed by atoms with Crippen molar-refractivity contribution in [2.75, 3.05) is 11.9 Å². The summed E-state index contributed by atoms with van der Waals surface area (Å²) in [5, 5.41) is 8.69. The van der Waals surface area contributed by atoms with Gasteiger partial charge in [0.2, 0.25) is 27.6 Å². The van der Waals surface area contributed by atoms with Gasteiger partial charge in [0.1, 0.15) is 0 Å². The van der Waals surface area contributed by atoms with Crippen molar-refractivity contribution in [3.63, 3.8) is 0 Å². The summed E-state index contributed by atoms with van der Waals surface area (Å²) in [6.07, 6.45) is 2.87. The molecular formula is C20H22N4O4S2. The van der Waals surface area contributed by atoms with Gasteiger partial charge in [0.05, 0.1) is 10.6 Å². The number of carbonyl (C=O) groups excluding carboxylic acids is 1. The fourth-order valence-electron chi connectivity index (χ4n) is 2.63. The highest BCUT2D eigenvalue weighted by Crippen LogP contribution is 2.21. The molecule has 0 aliphatic carbocycles. The van der Waals surface area contributed by atoms with E-state index in [1.54, 1.807) is 24.3 Å². The van der Waals surface area contributed by atoms with Crippen LogP contribution in [0.3, 0.4) is 0 Å². The Morgan fingerprint density at radius 1 is 1.23 bits per heavy atom. The Kier molecular flexibility index (Phi) is 7.50. The summed E-state index contributed by atoms with van der Waals surface area (Å²) in [4.78, 5) is 17.4. The van der Waals surface area contributed by atoms with Gasteiger partial charge in [0.15, 0.2) is 0 Å². The van der Waals surface area contributed by atoms with Crippen molar-refractivity contribution >= 4 is 33.0 Å². The number of hydrogen-bond acceptors (Lipinski definition) is 7. The average Bonchev–Trinajstić information content (AvgIpc) is 3.39. The smallest absolute Gasteiger partial charge is 0.226 e. The zero-order valence-electron chi connectivity index (χ0n) is 16.2. The lowest BCUT2D eigenvalue weighted by Gasteiger charge is -2.07. The van der Waals surface area contributed by atoms with Gasteiger partial charge in [0.25, 0.3) is 0 Å². The van der Waals surface area contributed by atoms with Crippen LogP contribution in [0.2, 0.25) is 0 Å². The lowest BCUT2D eigenvalue weighted by molar-refractivity contribution is -0.116. The Hall–Kier alpha value is -2.82. The third-order valence-electron chi connectivity index (χ3n) is 4.05. The van der Waals surface area contributed by atoms with Crippen LogP contribution in [0.5, 0.6) is 0 Å². The van der Waals surface area contributed by atoms with E-state index < -0.39 is 10.0 Å². The van der Waals surface area contributed by atoms with Crippen LogP contribution in [-0.4, -0.2) is 31.0 Å². The van der Waals surface area contributed by atoms with Gasteiger partial charge in [-0.25, -0.2) is 13.1 Å². The first-order valence-corrected chi connectivity index (χ1v) is 11.8. The molecule has 2 aromatic heterocycles. The number of nitrogens with one attached hydrogen (secondary N) is 2. The molecule has 0 aliphatic rings. The highest BCUT2D eigenvalue weighted by atomic mass is 32.2. The Labute approximate surface area is 179 Å². The Balaban J connectivity index is 1.43. The molecule has 0 saturated heterocycles. The fourth-order valence-corrected chi connectivity index (χ4v) is 4.38. The fraction of sp³-hybridized carbons (Fsp3) is 0.250. The molecule has 0 atom stereocenters. The predicted molar refractivity (Wildman–Crippen MR) is 116 cm³/mol. The van der Waals surface area contributed by atoms with E-state index in [1.165, 1.54) is 17.4 Å². The van der Waals surface area contributed by atoms with Crippen molar-refractivity contribution in [3.05, 3.63) is 65.9 Å². The number of hydrogen-bond donors (Lipinski definition) is 2. The van der Waals surface area contributed by atoms with Crippen molar-refractivity contribution < 1.29 is 17.7 Å². The van der Waals surface area contributed by atoms with Crippen molar-refractivity contribution in [2.45, 2.75) is 25.0 Å². The number of sulfonamides is 1. The van der Waals surface area contributed by atoms with Crippen LogP contribution in [0.4, 0.5) is 5.69 Å².